The van der Waals surface area contributed by atoms with Crippen LogP contribution >= 0.6 is 12.2 Å². The lowest BCUT2D eigenvalue weighted by molar-refractivity contribution is 0.321. The van der Waals surface area contributed by atoms with Gasteiger partial charge in [-0.1, -0.05) is 6.07 Å². The van der Waals surface area contributed by atoms with Gasteiger partial charge in [0, 0.05) is 42.7 Å². The summed E-state index contributed by atoms with van der Waals surface area (Å²) >= 11 is 5.60. The minimum Gasteiger partial charge on any atom is -0.352 e. The monoisotopic (exact) mass is 349 g/mol. The third-order valence-electron chi connectivity index (χ3n) is 4.56. The Bertz CT molecular complexity index is 862. The van der Waals surface area contributed by atoms with Crippen LogP contribution in [0.2, 0.25) is 0 Å². The molecule has 0 spiro atoms. The summed E-state index contributed by atoms with van der Waals surface area (Å²) in [5, 5.41) is 4.23. The lowest BCUT2D eigenvalue weighted by Gasteiger charge is -2.27. The number of pyridine rings is 2. The molecule has 1 N–H and O–H groups in total. The largest absolute Gasteiger partial charge is 0.352 e. The molecule has 0 radical (unpaired) electrons. The number of likely N-dealkylation sites (N-methyl/N-ethyl adjacent to an activating group) is 1. The first-order chi connectivity index (χ1) is 12.3. The first-order valence-corrected chi connectivity index (χ1v) is 8.76. The van der Waals surface area contributed by atoms with E-state index >= 15 is 0 Å². The van der Waals surface area contributed by atoms with E-state index in [9.17, 15) is 0 Å². The van der Waals surface area contributed by atoms with Crippen LogP contribution in [0.25, 0.3) is 5.69 Å². The lowest BCUT2D eigenvalue weighted by Crippen LogP contribution is -2.30. The van der Waals surface area contributed by atoms with E-state index in [4.69, 9.17) is 12.2 Å². The maximum Gasteiger partial charge on any atom is 0.170 e. The number of aromatic nitrogens is 3. The van der Waals surface area contributed by atoms with Gasteiger partial charge in [0.05, 0.1) is 17.8 Å². The maximum atomic E-state index is 5.60. The number of nitrogens with one attached hydrogen (secondary N) is 1. The van der Waals surface area contributed by atoms with E-state index < -0.39 is 0 Å². The Morgan fingerprint density at radius 3 is 2.64 bits per heavy atom. The van der Waals surface area contributed by atoms with Gasteiger partial charge in [0.2, 0.25) is 0 Å². The van der Waals surface area contributed by atoms with Gasteiger partial charge in [-0.05, 0) is 55.5 Å². The van der Waals surface area contributed by atoms with Gasteiger partial charge in [-0.3, -0.25) is 9.97 Å². The Morgan fingerprint density at radius 2 is 1.92 bits per heavy atom. The molecule has 3 aromatic rings. The highest BCUT2D eigenvalue weighted by molar-refractivity contribution is 7.80. The lowest BCUT2D eigenvalue weighted by atomic mass is 10.0. The van der Waals surface area contributed by atoms with Crippen molar-refractivity contribution in [1.82, 2.24) is 24.8 Å². The first kappa shape index (κ1) is 15.8. The summed E-state index contributed by atoms with van der Waals surface area (Å²) in [6.45, 7) is 2.96. The summed E-state index contributed by atoms with van der Waals surface area (Å²) in [7, 11) is 0. The van der Waals surface area contributed by atoms with E-state index in [1.165, 1.54) is 5.69 Å². The second kappa shape index (κ2) is 6.64. The number of nitrogens with zero attached hydrogens (tertiary/aromatic N) is 4. The van der Waals surface area contributed by atoms with Crippen molar-refractivity contribution >= 4 is 17.3 Å². The molecule has 0 aliphatic carbocycles. The van der Waals surface area contributed by atoms with Gasteiger partial charge in [0.1, 0.15) is 0 Å². The molecule has 126 valence electrons. The smallest absolute Gasteiger partial charge is 0.170 e. The molecular weight excluding hydrogens is 330 g/mol. The Balaban J connectivity index is 1.81. The standard InChI is InChI=1S/C19H19N5S/c1-2-23-18(17(22-19(23)25)15-6-3-4-10-21-15)16-7-5-13-24(16)14-8-11-20-12-9-14/h3-13,17-18H,2H2,1H3,(H,22,25)/t17-,18-/m1/s1. The van der Waals surface area contributed by atoms with Crippen LogP contribution in [0.1, 0.15) is 30.4 Å². The summed E-state index contributed by atoms with van der Waals surface area (Å²) in [4.78, 5) is 10.9. The maximum absolute atomic E-state index is 5.60. The normalized spacial score (nSPS) is 19.9. The van der Waals surface area contributed by atoms with Crippen molar-refractivity contribution in [3.63, 3.8) is 0 Å². The molecule has 1 fully saturated rings. The zero-order valence-corrected chi connectivity index (χ0v) is 14.7. The van der Waals surface area contributed by atoms with Gasteiger partial charge in [-0.15, -0.1) is 0 Å². The fourth-order valence-corrected chi connectivity index (χ4v) is 3.81. The molecule has 25 heavy (non-hydrogen) atoms. The Labute approximate surface area is 152 Å². The highest BCUT2D eigenvalue weighted by Gasteiger charge is 2.40. The van der Waals surface area contributed by atoms with Crippen molar-refractivity contribution in [2.24, 2.45) is 0 Å². The zero-order chi connectivity index (χ0) is 17.2. The van der Waals surface area contributed by atoms with Crippen LogP contribution in [-0.4, -0.2) is 31.1 Å². The average Bonchev–Trinajstić information content (AvgIpc) is 3.27. The molecule has 1 aliphatic rings. The molecule has 1 saturated heterocycles. The van der Waals surface area contributed by atoms with Crippen molar-refractivity contribution in [3.8, 4) is 5.69 Å². The molecule has 4 heterocycles. The van der Waals surface area contributed by atoms with Gasteiger partial charge in [0.15, 0.2) is 5.11 Å². The molecule has 0 bridgehead atoms. The number of hydrogen-bond acceptors (Lipinski definition) is 3. The van der Waals surface area contributed by atoms with Crippen molar-refractivity contribution in [2.75, 3.05) is 6.54 Å². The molecule has 4 rings (SSSR count). The highest BCUT2D eigenvalue weighted by atomic mass is 32.1. The molecular formula is C19H19N5S. The fourth-order valence-electron chi connectivity index (χ4n) is 3.44. The number of rotatable bonds is 4. The van der Waals surface area contributed by atoms with E-state index in [0.717, 1.165) is 23.0 Å². The van der Waals surface area contributed by atoms with Crippen LogP contribution in [0.15, 0.2) is 67.3 Å². The minimum atomic E-state index is 0.0177. The average molecular weight is 349 g/mol. The Kier molecular flexibility index (Phi) is 4.19. The minimum absolute atomic E-state index is 0.0177. The molecule has 5 nitrogen and oxygen atoms in total. The third kappa shape index (κ3) is 2.78. The van der Waals surface area contributed by atoms with Crippen LogP contribution < -0.4 is 5.32 Å². The SMILES string of the molecule is CCN1C(=S)N[C@H](c2ccccn2)[C@H]1c1cccn1-c1ccncc1. The predicted molar refractivity (Wildman–Crippen MR) is 101 cm³/mol. The van der Waals surface area contributed by atoms with E-state index in [-0.39, 0.29) is 12.1 Å². The molecule has 0 unspecified atom stereocenters. The van der Waals surface area contributed by atoms with E-state index in [1.807, 2.05) is 48.9 Å². The summed E-state index contributed by atoms with van der Waals surface area (Å²) in [6, 6.07) is 14.3. The summed E-state index contributed by atoms with van der Waals surface area (Å²) < 4.78 is 2.19. The zero-order valence-electron chi connectivity index (χ0n) is 13.9. The van der Waals surface area contributed by atoms with Crippen molar-refractivity contribution in [2.45, 2.75) is 19.0 Å². The van der Waals surface area contributed by atoms with E-state index in [2.05, 4.69) is 50.0 Å². The van der Waals surface area contributed by atoms with Crippen LogP contribution in [-0.2, 0) is 0 Å². The van der Waals surface area contributed by atoms with E-state index in [1.54, 1.807) is 0 Å². The Morgan fingerprint density at radius 1 is 1.08 bits per heavy atom. The van der Waals surface area contributed by atoms with Crippen molar-refractivity contribution in [3.05, 3.63) is 78.6 Å². The molecule has 0 aromatic carbocycles. The molecule has 1 aliphatic heterocycles. The number of hydrogen-bond donors (Lipinski definition) is 1. The van der Waals surface area contributed by atoms with Gasteiger partial charge >= 0.3 is 0 Å². The molecule has 3 aromatic heterocycles. The third-order valence-corrected chi connectivity index (χ3v) is 4.92. The summed E-state index contributed by atoms with van der Waals surface area (Å²) in [6.07, 6.45) is 7.53. The predicted octanol–water partition coefficient (Wildman–Crippen LogP) is 3.26. The van der Waals surface area contributed by atoms with Crippen molar-refractivity contribution in [1.29, 1.82) is 0 Å². The van der Waals surface area contributed by atoms with Gasteiger partial charge in [0.25, 0.3) is 0 Å². The summed E-state index contributed by atoms with van der Waals surface area (Å²) in [5.74, 6) is 0. The number of thiocarbonyl (C=S) groups is 1. The second-order valence-electron chi connectivity index (χ2n) is 5.92. The van der Waals surface area contributed by atoms with Crippen LogP contribution in [0.5, 0.6) is 0 Å². The Hall–Kier alpha value is -2.73. The van der Waals surface area contributed by atoms with Gasteiger partial charge < -0.3 is 14.8 Å². The van der Waals surface area contributed by atoms with Gasteiger partial charge in [-0.2, -0.15) is 0 Å². The first-order valence-electron chi connectivity index (χ1n) is 8.35. The van der Waals surface area contributed by atoms with Crippen molar-refractivity contribution < 1.29 is 0 Å². The molecule has 0 amide bonds. The van der Waals surface area contributed by atoms with E-state index in [0.29, 0.717) is 0 Å². The van der Waals surface area contributed by atoms with Crippen LogP contribution in [0, 0.1) is 0 Å². The van der Waals surface area contributed by atoms with Gasteiger partial charge in [-0.25, -0.2) is 0 Å². The van der Waals surface area contributed by atoms with Crippen LogP contribution in [0.4, 0.5) is 0 Å². The second-order valence-corrected chi connectivity index (χ2v) is 6.31. The molecule has 2 atom stereocenters. The fraction of sp³-hybridized carbons (Fsp3) is 0.211. The topological polar surface area (TPSA) is 46.0 Å². The quantitative estimate of drug-likeness (QED) is 0.733. The molecule has 0 saturated carbocycles. The molecule has 6 heteroatoms. The summed E-state index contributed by atoms with van der Waals surface area (Å²) in [5.41, 5.74) is 3.26. The van der Waals surface area contributed by atoms with Crippen LogP contribution in [0.3, 0.4) is 0 Å². The highest BCUT2D eigenvalue weighted by Crippen LogP contribution is 2.39.